The summed E-state index contributed by atoms with van der Waals surface area (Å²) >= 11 is 0. The molecule has 0 heterocycles. The predicted octanol–water partition coefficient (Wildman–Crippen LogP) is 3.61. The Bertz CT molecular complexity index is 240. The molecular weight excluding hydrogens is 216 g/mol. The van der Waals surface area contributed by atoms with Gasteiger partial charge in [0.1, 0.15) is 6.29 Å². The van der Waals surface area contributed by atoms with Crippen molar-refractivity contribution in [2.75, 3.05) is 0 Å². The normalized spacial score (nSPS) is 10.6. The number of aldehydes is 1. The third kappa shape index (κ3) is 25.2. The summed E-state index contributed by atoms with van der Waals surface area (Å²) < 4.78 is 0. The molecule has 0 fully saturated rings. The highest BCUT2D eigenvalue weighted by Gasteiger charge is 1.98. The second-order valence-electron chi connectivity index (χ2n) is 4.01. The number of rotatable bonds is 7. The number of allylic oxidation sites excluding steroid dienone is 4. The van der Waals surface area contributed by atoms with E-state index >= 15 is 0 Å². The molecule has 0 aromatic carbocycles. The largest absolute Gasteiger partial charge is 0.481 e. The fraction of sp³-hybridized carbons (Fsp3) is 0.571. The molecule has 0 saturated carbocycles. The zero-order valence-electron chi connectivity index (χ0n) is 11.1. The van der Waals surface area contributed by atoms with Crippen molar-refractivity contribution in [2.24, 2.45) is 5.92 Å². The van der Waals surface area contributed by atoms with Crippen LogP contribution in [-0.4, -0.2) is 17.4 Å². The molecule has 3 heteroatoms. The average molecular weight is 240 g/mol. The van der Waals surface area contributed by atoms with Gasteiger partial charge in [0, 0.05) is 6.42 Å². The summed E-state index contributed by atoms with van der Waals surface area (Å²) in [5.41, 5.74) is 0. The molecule has 0 atom stereocenters. The Morgan fingerprint density at radius 3 is 2.12 bits per heavy atom. The van der Waals surface area contributed by atoms with Gasteiger partial charge in [0.05, 0.1) is 0 Å². The first-order chi connectivity index (χ1) is 8.04. The summed E-state index contributed by atoms with van der Waals surface area (Å²) in [6.07, 6.45) is 11.9. The van der Waals surface area contributed by atoms with Crippen LogP contribution < -0.4 is 0 Å². The Balaban J connectivity index is 0. The minimum Gasteiger partial charge on any atom is -0.481 e. The van der Waals surface area contributed by atoms with E-state index in [-0.39, 0.29) is 12.3 Å². The minimum absolute atomic E-state index is 0.275. The van der Waals surface area contributed by atoms with Gasteiger partial charge < -0.3 is 5.11 Å². The van der Waals surface area contributed by atoms with E-state index in [2.05, 4.69) is 19.1 Å². The Morgan fingerprint density at radius 2 is 1.76 bits per heavy atom. The highest BCUT2D eigenvalue weighted by molar-refractivity contribution is 5.66. The van der Waals surface area contributed by atoms with E-state index in [1.54, 1.807) is 6.08 Å². The molecular formula is C14H24O3. The molecule has 0 spiro atoms. The number of aliphatic carboxylic acids is 1. The number of carboxylic acid groups (broad SMARTS) is 1. The summed E-state index contributed by atoms with van der Waals surface area (Å²) in [5.74, 6) is -0.438. The van der Waals surface area contributed by atoms with E-state index < -0.39 is 5.97 Å². The molecule has 17 heavy (non-hydrogen) atoms. The molecule has 0 aliphatic heterocycles. The van der Waals surface area contributed by atoms with E-state index in [1.807, 2.05) is 19.9 Å². The van der Waals surface area contributed by atoms with Crippen molar-refractivity contribution in [3.63, 3.8) is 0 Å². The molecule has 0 radical (unpaired) electrons. The van der Waals surface area contributed by atoms with Gasteiger partial charge in [-0.25, -0.2) is 0 Å². The van der Waals surface area contributed by atoms with Gasteiger partial charge in [-0.1, -0.05) is 39.0 Å². The van der Waals surface area contributed by atoms with Gasteiger partial charge in [-0.2, -0.15) is 0 Å². The van der Waals surface area contributed by atoms with E-state index in [1.165, 1.54) is 0 Å². The Hall–Kier alpha value is -1.38. The molecule has 0 aliphatic rings. The first-order valence-electron chi connectivity index (χ1n) is 6.01. The molecule has 0 unspecified atom stereocenters. The second kappa shape index (κ2) is 14.6. The number of carboxylic acids is 1. The van der Waals surface area contributed by atoms with Gasteiger partial charge in [0.25, 0.3) is 0 Å². The first-order valence-corrected chi connectivity index (χ1v) is 6.01. The van der Waals surface area contributed by atoms with Crippen LogP contribution in [0.25, 0.3) is 0 Å². The summed E-state index contributed by atoms with van der Waals surface area (Å²) in [6.45, 7) is 5.88. The molecule has 0 saturated heterocycles. The smallest absolute Gasteiger partial charge is 0.303 e. The van der Waals surface area contributed by atoms with Gasteiger partial charge in [-0.15, -0.1) is 0 Å². The molecule has 0 aromatic heterocycles. The predicted molar refractivity (Wildman–Crippen MR) is 71.0 cm³/mol. The fourth-order valence-corrected chi connectivity index (χ4v) is 0.978. The lowest BCUT2D eigenvalue weighted by Crippen LogP contribution is -1.99. The van der Waals surface area contributed by atoms with E-state index in [4.69, 9.17) is 5.11 Å². The molecule has 3 nitrogen and oxygen atoms in total. The summed E-state index contributed by atoms with van der Waals surface area (Å²) in [5, 5.41) is 8.08. The SMILES string of the molecule is CC(C)CC(=O)O.CC/C=C/CC/C=C/C=O. The van der Waals surface area contributed by atoms with Crippen LogP contribution >= 0.6 is 0 Å². The lowest BCUT2D eigenvalue weighted by molar-refractivity contribution is -0.137. The lowest BCUT2D eigenvalue weighted by Gasteiger charge is -1.94. The maximum absolute atomic E-state index is 9.81. The molecule has 0 aromatic rings. The third-order valence-electron chi connectivity index (χ3n) is 1.70. The van der Waals surface area contributed by atoms with Crippen LogP contribution in [0.15, 0.2) is 24.3 Å². The number of carbonyl (C=O) groups excluding carboxylic acids is 1. The molecule has 1 N–H and O–H groups in total. The monoisotopic (exact) mass is 240 g/mol. The molecule has 0 amide bonds. The van der Waals surface area contributed by atoms with Crippen molar-refractivity contribution in [3.05, 3.63) is 24.3 Å². The van der Waals surface area contributed by atoms with Crippen LogP contribution in [0.1, 0.15) is 46.5 Å². The molecule has 0 aliphatic carbocycles. The van der Waals surface area contributed by atoms with Crippen molar-refractivity contribution in [1.29, 1.82) is 0 Å². The first kappa shape index (κ1) is 18.0. The van der Waals surface area contributed by atoms with Crippen LogP contribution in [0.3, 0.4) is 0 Å². The number of hydrogen-bond donors (Lipinski definition) is 1. The van der Waals surface area contributed by atoms with Crippen molar-refractivity contribution < 1.29 is 14.7 Å². The van der Waals surface area contributed by atoms with Crippen molar-refractivity contribution in [3.8, 4) is 0 Å². The Labute approximate surface area is 104 Å². The van der Waals surface area contributed by atoms with Crippen molar-refractivity contribution in [2.45, 2.75) is 46.5 Å². The summed E-state index contributed by atoms with van der Waals surface area (Å²) in [4.78, 5) is 19.6. The second-order valence-corrected chi connectivity index (χ2v) is 4.01. The Kier molecular flexibility index (Phi) is 15.5. The zero-order valence-corrected chi connectivity index (χ0v) is 11.1. The van der Waals surface area contributed by atoms with Crippen LogP contribution in [0, 0.1) is 5.92 Å². The number of carbonyl (C=O) groups is 2. The van der Waals surface area contributed by atoms with Gasteiger partial charge in [0.2, 0.25) is 0 Å². The highest BCUT2D eigenvalue weighted by atomic mass is 16.4. The number of unbranched alkanes of at least 4 members (excludes halogenated alkanes) is 1. The molecule has 98 valence electrons. The van der Waals surface area contributed by atoms with Gasteiger partial charge in [-0.3, -0.25) is 9.59 Å². The summed E-state index contributed by atoms with van der Waals surface area (Å²) in [7, 11) is 0. The van der Waals surface area contributed by atoms with Crippen LogP contribution in [0.2, 0.25) is 0 Å². The molecule has 0 rings (SSSR count). The lowest BCUT2D eigenvalue weighted by atomic mass is 10.1. The maximum Gasteiger partial charge on any atom is 0.303 e. The highest BCUT2D eigenvalue weighted by Crippen LogP contribution is 1.96. The quantitative estimate of drug-likeness (QED) is 0.320. The minimum atomic E-state index is -0.713. The molecule has 0 bridgehead atoms. The van der Waals surface area contributed by atoms with E-state index in [0.717, 1.165) is 25.5 Å². The maximum atomic E-state index is 9.81. The van der Waals surface area contributed by atoms with Crippen LogP contribution in [-0.2, 0) is 9.59 Å². The van der Waals surface area contributed by atoms with E-state index in [9.17, 15) is 9.59 Å². The third-order valence-corrected chi connectivity index (χ3v) is 1.70. The van der Waals surface area contributed by atoms with Crippen molar-refractivity contribution >= 4 is 12.3 Å². The standard InChI is InChI=1S/C9H14O.C5H10O2/c1-2-3-4-5-6-7-8-9-10;1-4(2)3-5(6)7/h3-4,7-9H,2,5-6H2,1H3;4H,3H2,1-2H3,(H,6,7)/b4-3+,8-7+;. The van der Waals surface area contributed by atoms with Crippen molar-refractivity contribution in [1.82, 2.24) is 0 Å². The Morgan fingerprint density at radius 1 is 1.18 bits per heavy atom. The summed E-state index contributed by atoms with van der Waals surface area (Å²) in [6, 6.07) is 0. The van der Waals surface area contributed by atoms with Crippen LogP contribution in [0.4, 0.5) is 0 Å². The fourth-order valence-electron chi connectivity index (χ4n) is 0.978. The van der Waals surface area contributed by atoms with Crippen LogP contribution in [0.5, 0.6) is 0 Å². The van der Waals surface area contributed by atoms with E-state index in [0.29, 0.717) is 0 Å². The van der Waals surface area contributed by atoms with Gasteiger partial charge >= 0.3 is 5.97 Å². The van der Waals surface area contributed by atoms with Gasteiger partial charge in [-0.05, 0) is 31.3 Å². The zero-order chi connectivity index (χ0) is 13.5. The topological polar surface area (TPSA) is 54.4 Å². The average Bonchev–Trinajstić information content (AvgIpc) is 2.22. The number of hydrogen-bond acceptors (Lipinski definition) is 2. The van der Waals surface area contributed by atoms with Gasteiger partial charge in [0.15, 0.2) is 0 Å².